The van der Waals surface area contributed by atoms with E-state index >= 15 is 0 Å². The van der Waals surface area contributed by atoms with E-state index in [2.05, 4.69) is 4.72 Å². The first-order valence-electron chi connectivity index (χ1n) is 7.83. The Morgan fingerprint density at radius 1 is 1.04 bits per heavy atom. The molecule has 26 heavy (non-hydrogen) atoms. The maximum Gasteiger partial charge on any atom is 0.342 e. The molecule has 2 aromatic carbocycles. The van der Waals surface area contributed by atoms with Gasteiger partial charge in [0.15, 0.2) is 0 Å². The van der Waals surface area contributed by atoms with Crippen LogP contribution in [0.1, 0.15) is 15.9 Å². The fourth-order valence-electron chi connectivity index (χ4n) is 2.17. The Bertz CT molecular complexity index is 862. The third kappa shape index (κ3) is 4.96. The predicted molar refractivity (Wildman–Crippen MR) is 96.2 cm³/mol. The zero-order chi connectivity index (χ0) is 19.2. The van der Waals surface area contributed by atoms with Gasteiger partial charge in [-0.1, -0.05) is 17.7 Å². The molecular weight excluding hydrogens is 358 g/mol. The van der Waals surface area contributed by atoms with Crippen LogP contribution in [0.25, 0.3) is 0 Å². The molecular formula is C18H21NO6S. The van der Waals surface area contributed by atoms with Gasteiger partial charge < -0.3 is 14.2 Å². The van der Waals surface area contributed by atoms with E-state index in [1.165, 1.54) is 32.4 Å². The van der Waals surface area contributed by atoms with Gasteiger partial charge in [-0.05, 0) is 37.3 Å². The monoisotopic (exact) mass is 379 g/mol. The van der Waals surface area contributed by atoms with Gasteiger partial charge in [0.2, 0.25) is 10.0 Å². The third-order valence-corrected chi connectivity index (χ3v) is 5.06. The van der Waals surface area contributed by atoms with Crippen molar-refractivity contribution in [3.63, 3.8) is 0 Å². The molecule has 7 nitrogen and oxygen atoms in total. The van der Waals surface area contributed by atoms with Gasteiger partial charge in [0.05, 0.1) is 19.1 Å². The van der Waals surface area contributed by atoms with Gasteiger partial charge in [-0.25, -0.2) is 17.9 Å². The highest BCUT2D eigenvalue weighted by Crippen LogP contribution is 2.24. The lowest BCUT2D eigenvalue weighted by atomic mass is 10.2. The van der Waals surface area contributed by atoms with Crippen molar-refractivity contribution >= 4 is 16.0 Å². The topological polar surface area (TPSA) is 90.9 Å². The molecule has 2 aromatic rings. The number of methoxy groups -OCH3 is 2. The van der Waals surface area contributed by atoms with Crippen LogP contribution in [0.5, 0.6) is 11.5 Å². The van der Waals surface area contributed by atoms with Gasteiger partial charge in [0.1, 0.15) is 23.7 Å². The van der Waals surface area contributed by atoms with Crippen molar-refractivity contribution in [2.24, 2.45) is 0 Å². The van der Waals surface area contributed by atoms with Gasteiger partial charge in [0.25, 0.3) is 0 Å². The van der Waals surface area contributed by atoms with E-state index in [1.807, 2.05) is 6.92 Å². The molecule has 0 saturated carbocycles. The fraction of sp³-hybridized carbons (Fsp3) is 0.278. The molecule has 0 bridgehead atoms. The molecule has 0 aliphatic heterocycles. The predicted octanol–water partition coefficient (Wildman–Crippen LogP) is 2.15. The number of rotatable bonds is 8. The quantitative estimate of drug-likeness (QED) is 0.558. The van der Waals surface area contributed by atoms with Crippen LogP contribution in [-0.4, -0.2) is 41.8 Å². The van der Waals surface area contributed by atoms with E-state index in [4.69, 9.17) is 14.2 Å². The molecule has 0 saturated heterocycles. The summed E-state index contributed by atoms with van der Waals surface area (Å²) in [5.41, 5.74) is 1.17. The first-order chi connectivity index (χ1) is 12.4. The van der Waals surface area contributed by atoms with Crippen molar-refractivity contribution in [3.05, 3.63) is 53.6 Å². The summed E-state index contributed by atoms with van der Waals surface area (Å²) in [7, 11) is -0.727. The molecule has 0 atom stereocenters. The van der Waals surface area contributed by atoms with Crippen molar-refractivity contribution in [1.29, 1.82) is 0 Å². The van der Waals surface area contributed by atoms with E-state index in [9.17, 15) is 13.2 Å². The van der Waals surface area contributed by atoms with E-state index in [0.29, 0.717) is 11.5 Å². The number of ether oxygens (including phenoxy) is 3. The summed E-state index contributed by atoms with van der Waals surface area (Å²) in [5.74, 6) is 0.198. The van der Waals surface area contributed by atoms with E-state index in [-0.39, 0.29) is 23.6 Å². The number of carbonyl (C=O) groups is 1. The van der Waals surface area contributed by atoms with Crippen LogP contribution in [0.3, 0.4) is 0 Å². The van der Waals surface area contributed by atoms with Crippen molar-refractivity contribution in [3.8, 4) is 11.5 Å². The number of hydrogen-bond donors (Lipinski definition) is 1. The van der Waals surface area contributed by atoms with Crippen molar-refractivity contribution in [2.75, 3.05) is 27.4 Å². The first kappa shape index (κ1) is 19.7. The molecule has 0 heterocycles. The second-order valence-electron chi connectivity index (χ2n) is 5.41. The Hall–Kier alpha value is -2.58. The molecule has 0 aliphatic rings. The lowest BCUT2D eigenvalue weighted by Gasteiger charge is -2.11. The summed E-state index contributed by atoms with van der Waals surface area (Å²) >= 11 is 0. The number of esters is 1. The molecule has 0 unspecified atom stereocenters. The van der Waals surface area contributed by atoms with Crippen molar-refractivity contribution in [1.82, 2.24) is 4.72 Å². The maximum atomic E-state index is 12.2. The molecule has 8 heteroatoms. The SMILES string of the molecule is COc1ccc(OC)c(C(=O)OCCNS(=O)(=O)c2ccc(C)cc2)c1. The summed E-state index contributed by atoms with van der Waals surface area (Å²) in [6.07, 6.45) is 0. The summed E-state index contributed by atoms with van der Waals surface area (Å²) in [4.78, 5) is 12.3. The Kier molecular flexibility index (Phi) is 6.59. The van der Waals surface area contributed by atoms with Gasteiger partial charge in [-0.2, -0.15) is 0 Å². The van der Waals surface area contributed by atoms with Crippen LogP contribution < -0.4 is 14.2 Å². The first-order valence-corrected chi connectivity index (χ1v) is 9.31. The number of hydrogen-bond acceptors (Lipinski definition) is 6. The number of benzene rings is 2. The van der Waals surface area contributed by atoms with Crippen LogP contribution in [0, 0.1) is 6.92 Å². The number of sulfonamides is 1. The summed E-state index contributed by atoms with van der Waals surface area (Å²) in [6, 6.07) is 11.2. The Morgan fingerprint density at radius 3 is 2.35 bits per heavy atom. The molecule has 0 radical (unpaired) electrons. The second kappa shape index (κ2) is 8.68. The standard InChI is InChI=1S/C18H21NO6S/c1-13-4-7-15(8-5-13)26(21,22)19-10-11-25-18(20)16-12-14(23-2)6-9-17(16)24-3/h4-9,12,19H,10-11H2,1-3H3. The highest BCUT2D eigenvalue weighted by Gasteiger charge is 2.16. The lowest BCUT2D eigenvalue weighted by Crippen LogP contribution is -2.28. The number of nitrogens with one attached hydrogen (secondary N) is 1. The smallest absolute Gasteiger partial charge is 0.342 e. The average Bonchev–Trinajstić information content (AvgIpc) is 2.64. The van der Waals surface area contributed by atoms with Gasteiger partial charge >= 0.3 is 5.97 Å². The van der Waals surface area contributed by atoms with Crippen LogP contribution >= 0.6 is 0 Å². The third-order valence-electron chi connectivity index (χ3n) is 3.59. The minimum Gasteiger partial charge on any atom is -0.497 e. The van der Waals surface area contributed by atoms with Gasteiger partial charge in [0, 0.05) is 6.54 Å². The highest BCUT2D eigenvalue weighted by molar-refractivity contribution is 7.89. The summed E-state index contributed by atoms with van der Waals surface area (Å²) in [5, 5.41) is 0. The van der Waals surface area contributed by atoms with Crippen molar-refractivity contribution in [2.45, 2.75) is 11.8 Å². The molecule has 1 N–H and O–H groups in total. The van der Waals surface area contributed by atoms with Gasteiger partial charge in [-0.3, -0.25) is 0 Å². The summed E-state index contributed by atoms with van der Waals surface area (Å²) < 4.78 is 42.0. The van der Waals surface area contributed by atoms with Crippen LogP contribution in [0.4, 0.5) is 0 Å². The van der Waals surface area contributed by atoms with Crippen LogP contribution in [0.2, 0.25) is 0 Å². The van der Waals surface area contributed by atoms with Crippen LogP contribution in [0.15, 0.2) is 47.4 Å². The fourth-order valence-corrected chi connectivity index (χ4v) is 3.18. The Balaban J connectivity index is 1.93. The Morgan fingerprint density at radius 2 is 1.73 bits per heavy atom. The van der Waals surface area contributed by atoms with Crippen LogP contribution in [-0.2, 0) is 14.8 Å². The maximum absolute atomic E-state index is 12.2. The zero-order valence-electron chi connectivity index (χ0n) is 14.8. The highest BCUT2D eigenvalue weighted by atomic mass is 32.2. The normalized spacial score (nSPS) is 11.0. The molecule has 0 aromatic heterocycles. The second-order valence-corrected chi connectivity index (χ2v) is 7.18. The molecule has 0 aliphatic carbocycles. The molecule has 2 rings (SSSR count). The minimum atomic E-state index is -3.65. The molecule has 0 fully saturated rings. The van der Waals surface area contributed by atoms with E-state index in [0.717, 1.165) is 5.56 Å². The Labute approximate surface area is 152 Å². The lowest BCUT2D eigenvalue weighted by molar-refractivity contribution is 0.0509. The zero-order valence-corrected chi connectivity index (χ0v) is 15.6. The average molecular weight is 379 g/mol. The number of carbonyl (C=O) groups excluding carboxylic acids is 1. The summed E-state index contributed by atoms with van der Waals surface area (Å²) in [6.45, 7) is 1.70. The minimum absolute atomic E-state index is 0.0474. The molecule has 140 valence electrons. The van der Waals surface area contributed by atoms with Crippen molar-refractivity contribution < 1.29 is 27.4 Å². The van der Waals surface area contributed by atoms with E-state index in [1.54, 1.807) is 24.3 Å². The molecule has 0 amide bonds. The molecule has 0 spiro atoms. The largest absolute Gasteiger partial charge is 0.497 e. The number of aryl methyl sites for hydroxylation is 1. The van der Waals surface area contributed by atoms with E-state index < -0.39 is 16.0 Å². The van der Waals surface area contributed by atoms with Gasteiger partial charge in [-0.15, -0.1) is 0 Å².